The fourth-order valence-electron chi connectivity index (χ4n) is 1.62. The van der Waals surface area contributed by atoms with Crippen LogP contribution in [0, 0.1) is 0 Å². The predicted molar refractivity (Wildman–Crippen MR) is 74.4 cm³/mol. The number of nitrogens with one attached hydrogen (secondary N) is 3. The first-order valence-corrected chi connectivity index (χ1v) is 6.25. The summed E-state index contributed by atoms with van der Waals surface area (Å²) in [5, 5.41) is 13.7. The van der Waals surface area contributed by atoms with Crippen LogP contribution in [0.25, 0.3) is 11.0 Å². The first-order chi connectivity index (χ1) is 9.70. The molecule has 108 valence electrons. The lowest BCUT2D eigenvalue weighted by Crippen LogP contribution is -2.20. The molecule has 2 rings (SSSR count). The van der Waals surface area contributed by atoms with E-state index in [0.29, 0.717) is 30.6 Å². The number of hydrogen-bond donors (Lipinski definition) is 4. The fourth-order valence-corrected chi connectivity index (χ4v) is 1.62. The lowest BCUT2D eigenvalue weighted by molar-refractivity contribution is -0.122. The van der Waals surface area contributed by atoms with E-state index in [1.165, 1.54) is 0 Å². The smallest absolute Gasteiger partial charge is 0.243 e. The molecule has 2 aromatic rings. The van der Waals surface area contributed by atoms with Crippen molar-refractivity contribution in [3.05, 3.63) is 6.20 Å². The van der Waals surface area contributed by atoms with Gasteiger partial charge in [0, 0.05) is 13.1 Å². The van der Waals surface area contributed by atoms with Crippen LogP contribution in [0.4, 0.5) is 11.8 Å². The van der Waals surface area contributed by atoms with E-state index in [0.717, 1.165) is 11.9 Å². The molecule has 0 saturated carbocycles. The highest BCUT2D eigenvalue weighted by atomic mass is 16.5. The Kier molecular flexibility index (Phi) is 4.66. The Morgan fingerprint density at radius 1 is 1.45 bits per heavy atom. The van der Waals surface area contributed by atoms with Crippen molar-refractivity contribution in [2.75, 3.05) is 36.9 Å². The number of primary amides is 1. The van der Waals surface area contributed by atoms with Gasteiger partial charge >= 0.3 is 0 Å². The van der Waals surface area contributed by atoms with Gasteiger partial charge in [0.05, 0.1) is 18.2 Å². The van der Waals surface area contributed by atoms with Gasteiger partial charge in [-0.1, -0.05) is 0 Å². The summed E-state index contributed by atoms with van der Waals surface area (Å²) in [5.74, 6) is 0.686. The van der Waals surface area contributed by atoms with E-state index in [4.69, 9.17) is 10.5 Å². The molecular formula is C11H17N7O2. The molecule has 0 radical (unpaired) electrons. The van der Waals surface area contributed by atoms with Crippen molar-refractivity contribution in [2.24, 2.45) is 5.73 Å². The minimum atomic E-state index is -0.487. The Balaban J connectivity index is 2.00. The number of aromatic nitrogens is 4. The molecule has 0 unspecified atom stereocenters. The van der Waals surface area contributed by atoms with Crippen molar-refractivity contribution in [1.29, 1.82) is 0 Å². The molecule has 5 N–H and O–H groups in total. The number of carbonyl (C=O) groups is 1. The Labute approximate surface area is 115 Å². The summed E-state index contributed by atoms with van der Waals surface area (Å²) in [6.45, 7) is 3.44. The first kappa shape index (κ1) is 14.0. The number of amides is 1. The van der Waals surface area contributed by atoms with Crippen molar-refractivity contribution in [1.82, 2.24) is 20.2 Å². The van der Waals surface area contributed by atoms with E-state index in [9.17, 15) is 4.79 Å². The van der Waals surface area contributed by atoms with E-state index < -0.39 is 5.91 Å². The largest absolute Gasteiger partial charge is 0.370 e. The van der Waals surface area contributed by atoms with Crippen LogP contribution in [0.1, 0.15) is 6.92 Å². The highest BCUT2D eigenvalue weighted by Crippen LogP contribution is 2.19. The zero-order valence-corrected chi connectivity index (χ0v) is 11.1. The number of carbonyl (C=O) groups excluding carboxylic acids is 1. The Hall–Kier alpha value is -2.42. The van der Waals surface area contributed by atoms with Crippen molar-refractivity contribution in [3.63, 3.8) is 0 Å². The van der Waals surface area contributed by atoms with Crippen LogP contribution in [0.2, 0.25) is 0 Å². The van der Waals surface area contributed by atoms with Gasteiger partial charge in [-0.05, 0) is 6.92 Å². The summed E-state index contributed by atoms with van der Waals surface area (Å²) in [7, 11) is 0. The standard InChI is InChI=1S/C11H17N7O2/c1-2-13-11-16-9(7-5-15-18-10(7)17-11)14-3-4-20-6-8(12)19/h5H,2-4,6H2,1H3,(H2,12,19)(H3,13,14,15,16,17,18). The van der Waals surface area contributed by atoms with E-state index in [2.05, 4.69) is 30.8 Å². The summed E-state index contributed by atoms with van der Waals surface area (Å²) >= 11 is 0. The van der Waals surface area contributed by atoms with Crippen LogP contribution in [-0.2, 0) is 9.53 Å². The number of aromatic amines is 1. The van der Waals surface area contributed by atoms with Crippen molar-refractivity contribution < 1.29 is 9.53 Å². The van der Waals surface area contributed by atoms with Crippen molar-refractivity contribution in [3.8, 4) is 0 Å². The summed E-state index contributed by atoms with van der Waals surface area (Å²) in [4.78, 5) is 19.2. The van der Waals surface area contributed by atoms with Gasteiger partial charge in [0.2, 0.25) is 11.9 Å². The molecule has 9 heteroatoms. The van der Waals surface area contributed by atoms with Gasteiger partial charge in [0.15, 0.2) is 5.65 Å². The topological polar surface area (TPSA) is 131 Å². The third-order valence-electron chi connectivity index (χ3n) is 2.43. The number of hydrogen-bond acceptors (Lipinski definition) is 7. The average molecular weight is 279 g/mol. The average Bonchev–Trinajstić information content (AvgIpc) is 2.86. The molecule has 2 aromatic heterocycles. The third-order valence-corrected chi connectivity index (χ3v) is 2.43. The second-order valence-electron chi connectivity index (χ2n) is 4.00. The molecule has 1 amide bonds. The van der Waals surface area contributed by atoms with Gasteiger partial charge in [-0.25, -0.2) is 0 Å². The maximum absolute atomic E-state index is 10.5. The summed E-state index contributed by atoms with van der Waals surface area (Å²) in [6, 6.07) is 0. The molecule has 0 bridgehead atoms. The molecule has 9 nitrogen and oxygen atoms in total. The van der Waals surface area contributed by atoms with Gasteiger partial charge < -0.3 is 21.1 Å². The molecule has 0 aromatic carbocycles. The Morgan fingerprint density at radius 2 is 2.30 bits per heavy atom. The van der Waals surface area contributed by atoms with Crippen LogP contribution in [-0.4, -0.2) is 52.4 Å². The summed E-state index contributed by atoms with van der Waals surface area (Å²) < 4.78 is 5.07. The molecule has 0 fully saturated rings. The van der Waals surface area contributed by atoms with Crippen molar-refractivity contribution >= 4 is 28.7 Å². The van der Waals surface area contributed by atoms with E-state index >= 15 is 0 Å². The second-order valence-corrected chi connectivity index (χ2v) is 4.00. The molecule has 0 aliphatic rings. The number of anilines is 2. The zero-order valence-electron chi connectivity index (χ0n) is 11.1. The van der Waals surface area contributed by atoms with E-state index in [1.807, 2.05) is 6.92 Å². The SMILES string of the molecule is CCNc1nc(NCCOCC(N)=O)c2cn[nH]c2n1. The Morgan fingerprint density at radius 3 is 3.05 bits per heavy atom. The summed E-state index contributed by atoms with van der Waals surface area (Å²) in [5.41, 5.74) is 5.62. The zero-order chi connectivity index (χ0) is 14.4. The molecule has 0 saturated heterocycles. The molecule has 0 atom stereocenters. The van der Waals surface area contributed by atoms with Crippen molar-refractivity contribution in [2.45, 2.75) is 6.92 Å². The number of H-pyrrole nitrogens is 1. The number of nitrogens with two attached hydrogens (primary N) is 1. The van der Waals surface area contributed by atoms with Crippen LogP contribution in [0.3, 0.4) is 0 Å². The highest BCUT2D eigenvalue weighted by Gasteiger charge is 2.08. The molecule has 0 spiro atoms. The van der Waals surface area contributed by atoms with Gasteiger partial charge in [-0.3, -0.25) is 9.89 Å². The fraction of sp³-hybridized carbons (Fsp3) is 0.455. The number of fused-ring (bicyclic) bond motifs is 1. The predicted octanol–water partition coefficient (Wildman–Crippen LogP) is -0.301. The maximum atomic E-state index is 10.5. The molecule has 0 aliphatic heterocycles. The third kappa shape index (κ3) is 3.54. The Bertz CT molecular complexity index is 583. The van der Waals surface area contributed by atoms with E-state index in [1.54, 1.807) is 6.20 Å². The normalized spacial score (nSPS) is 10.7. The second kappa shape index (κ2) is 6.66. The molecule has 20 heavy (non-hydrogen) atoms. The quantitative estimate of drug-likeness (QED) is 0.488. The van der Waals surface area contributed by atoms with Crippen LogP contribution >= 0.6 is 0 Å². The minimum absolute atomic E-state index is 0.0881. The number of ether oxygens (including phenoxy) is 1. The van der Waals surface area contributed by atoms with E-state index in [-0.39, 0.29) is 6.61 Å². The van der Waals surface area contributed by atoms with Crippen LogP contribution < -0.4 is 16.4 Å². The molecular weight excluding hydrogens is 262 g/mol. The minimum Gasteiger partial charge on any atom is -0.370 e. The number of nitrogens with zero attached hydrogens (tertiary/aromatic N) is 3. The first-order valence-electron chi connectivity index (χ1n) is 6.25. The van der Waals surface area contributed by atoms with Crippen LogP contribution in [0.5, 0.6) is 0 Å². The lowest BCUT2D eigenvalue weighted by atomic mass is 10.4. The molecule has 0 aliphatic carbocycles. The lowest BCUT2D eigenvalue weighted by Gasteiger charge is -2.08. The molecule has 2 heterocycles. The van der Waals surface area contributed by atoms with Gasteiger partial charge in [0.25, 0.3) is 0 Å². The summed E-state index contributed by atoms with van der Waals surface area (Å²) in [6.07, 6.45) is 1.65. The van der Waals surface area contributed by atoms with Gasteiger partial charge in [-0.15, -0.1) is 0 Å². The van der Waals surface area contributed by atoms with Crippen LogP contribution in [0.15, 0.2) is 6.20 Å². The number of rotatable bonds is 8. The van der Waals surface area contributed by atoms with Gasteiger partial charge in [-0.2, -0.15) is 15.1 Å². The van der Waals surface area contributed by atoms with Gasteiger partial charge in [0.1, 0.15) is 12.4 Å². The monoisotopic (exact) mass is 279 g/mol. The maximum Gasteiger partial charge on any atom is 0.243 e. The highest BCUT2D eigenvalue weighted by molar-refractivity contribution is 5.86.